The van der Waals surface area contributed by atoms with Crippen molar-refractivity contribution in [2.45, 2.75) is 18.2 Å². The molecule has 1 atom stereocenters. The van der Waals surface area contributed by atoms with Crippen LogP contribution in [0, 0.1) is 5.82 Å². The van der Waals surface area contributed by atoms with Gasteiger partial charge in [0.2, 0.25) is 0 Å². The van der Waals surface area contributed by atoms with Gasteiger partial charge in [-0.25, -0.2) is 4.39 Å². The number of rotatable bonds is 3. The zero-order valence-electron chi connectivity index (χ0n) is 10.8. The van der Waals surface area contributed by atoms with Gasteiger partial charge < -0.3 is 5.32 Å². The fourth-order valence-electron chi connectivity index (χ4n) is 2.47. The Labute approximate surface area is 121 Å². The molecule has 0 saturated carbocycles. The van der Waals surface area contributed by atoms with Crippen molar-refractivity contribution >= 4 is 23.1 Å². The SMILES string of the molecule is CNC(c1cc2c(s1)CCSC2)c1ccccc1F. The van der Waals surface area contributed by atoms with Crippen molar-refractivity contribution in [3.8, 4) is 0 Å². The van der Waals surface area contributed by atoms with Gasteiger partial charge in [-0.05, 0) is 36.9 Å². The van der Waals surface area contributed by atoms with Gasteiger partial charge in [0.25, 0.3) is 0 Å². The molecule has 0 bridgehead atoms. The molecule has 0 spiro atoms. The second-order valence-electron chi connectivity index (χ2n) is 4.64. The van der Waals surface area contributed by atoms with E-state index in [1.54, 1.807) is 6.07 Å². The van der Waals surface area contributed by atoms with E-state index in [1.165, 1.54) is 27.1 Å². The lowest BCUT2D eigenvalue weighted by Gasteiger charge is -2.15. The van der Waals surface area contributed by atoms with Crippen molar-refractivity contribution in [3.05, 3.63) is 57.0 Å². The van der Waals surface area contributed by atoms with Crippen LogP contribution in [0.25, 0.3) is 0 Å². The summed E-state index contributed by atoms with van der Waals surface area (Å²) in [7, 11) is 1.89. The zero-order chi connectivity index (χ0) is 13.2. The number of nitrogens with one attached hydrogen (secondary N) is 1. The fourth-order valence-corrected chi connectivity index (χ4v) is 4.98. The Balaban J connectivity index is 1.98. The molecule has 1 unspecified atom stereocenters. The van der Waals surface area contributed by atoms with Crippen LogP contribution in [-0.2, 0) is 12.2 Å². The second-order valence-corrected chi connectivity index (χ2v) is 6.92. The Kier molecular flexibility index (Phi) is 3.91. The Morgan fingerprint density at radius 3 is 2.89 bits per heavy atom. The summed E-state index contributed by atoms with van der Waals surface area (Å²) in [6.07, 6.45) is 1.15. The topological polar surface area (TPSA) is 12.0 Å². The summed E-state index contributed by atoms with van der Waals surface area (Å²) in [5.41, 5.74) is 2.17. The maximum atomic E-state index is 14.0. The summed E-state index contributed by atoms with van der Waals surface area (Å²) >= 11 is 3.81. The van der Waals surface area contributed by atoms with Gasteiger partial charge in [0.1, 0.15) is 5.82 Å². The van der Waals surface area contributed by atoms with E-state index in [-0.39, 0.29) is 11.9 Å². The van der Waals surface area contributed by atoms with Crippen molar-refractivity contribution in [2.24, 2.45) is 0 Å². The first-order valence-electron chi connectivity index (χ1n) is 6.40. The lowest BCUT2D eigenvalue weighted by atomic mass is 10.0. The van der Waals surface area contributed by atoms with Crippen LogP contribution in [0.4, 0.5) is 4.39 Å². The standard InChI is InChI=1S/C15H16FNS2/c1-17-15(11-4-2-3-5-12(11)16)14-8-10-9-18-7-6-13(10)19-14/h2-5,8,15,17H,6-7,9H2,1H3. The van der Waals surface area contributed by atoms with Crippen molar-refractivity contribution < 1.29 is 4.39 Å². The van der Waals surface area contributed by atoms with Gasteiger partial charge in [-0.3, -0.25) is 0 Å². The molecule has 19 heavy (non-hydrogen) atoms. The molecule has 0 amide bonds. The molecule has 100 valence electrons. The average molecular weight is 293 g/mol. The van der Waals surface area contributed by atoms with E-state index in [0.717, 1.165) is 17.7 Å². The number of benzene rings is 1. The predicted molar refractivity (Wildman–Crippen MR) is 81.5 cm³/mol. The highest BCUT2D eigenvalue weighted by Gasteiger charge is 2.21. The molecular formula is C15H16FNS2. The molecule has 2 aromatic rings. The van der Waals surface area contributed by atoms with E-state index in [0.29, 0.717) is 0 Å². The van der Waals surface area contributed by atoms with E-state index in [1.807, 2.05) is 42.3 Å². The van der Waals surface area contributed by atoms with E-state index in [9.17, 15) is 4.39 Å². The minimum Gasteiger partial charge on any atom is -0.309 e. The summed E-state index contributed by atoms with van der Waals surface area (Å²) in [4.78, 5) is 2.70. The highest BCUT2D eigenvalue weighted by Crippen LogP contribution is 2.36. The van der Waals surface area contributed by atoms with E-state index in [2.05, 4.69) is 11.4 Å². The van der Waals surface area contributed by atoms with Gasteiger partial charge in [0.05, 0.1) is 6.04 Å². The Hall–Kier alpha value is -0.840. The maximum absolute atomic E-state index is 14.0. The largest absolute Gasteiger partial charge is 0.309 e. The first-order chi connectivity index (χ1) is 9.29. The summed E-state index contributed by atoms with van der Waals surface area (Å²) in [6.45, 7) is 0. The first-order valence-corrected chi connectivity index (χ1v) is 8.37. The minimum atomic E-state index is -0.136. The van der Waals surface area contributed by atoms with Gasteiger partial charge in [0, 0.05) is 21.1 Å². The quantitative estimate of drug-likeness (QED) is 0.918. The van der Waals surface area contributed by atoms with Gasteiger partial charge in [-0.2, -0.15) is 11.8 Å². The number of thiophene rings is 1. The van der Waals surface area contributed by atoms with E-state index >= 15 is 0 Å². The van der Waals surface area contributed by atoms with Crippen molar-refractivity contribution in [1.29, 1.82) is 0 Å². The third kappa shape index (κ3) is 2.57. The van der Waals surface area contributed by atoms with E-state index < -0.39 is 0 Å². The first kappa shape index (κ1) is 13.2. The monoisotopic (exact) mass is 293 g/mol. The lowest BCUT2D eigenvalue weighted by molar-refractivity contribution is 0.579. The molecule has 1 aromatic heterocycles. The van der Waals surface area contributed by atoms with Gasteiger partial charge in [0.15, 0.2) is 0 Å². The van der Waals surface area contributed by atoms with Crippen LogP contribution in [0.5, 0.6) is 0 Å². The number of aryl methyl sites for hydroxylation is 1. The molecule has 0 saturated heterocycles. The molecule has 4 heteroatoms. The number of halogens is 1. The molecule has 1 aromatic carbocycles. The number of fused-ring (bicyclic) bond motifs is 1. The normalized spacial score (nSPS) is 16.1. The highest BCUT2D eigenvalue weighted by atomic mass is 32.2. The molecule has 1 aliphatic rings. The summed E-state index contributed by atoms with van der Waals surface area (Å²) in [5.74, 6) is 2.17. The maximum Gasteiger partial charge on any atom is 0.128 e. The van der Waals surface area contributed by atoms with Gasteiger partial charge >= 0.3 is 0 Å². The Morgan fingerprint density at radius 1 is 1.32 bits per heavy atom. The molecule has 1 aliphatic heterocycles. The number of hydrogen-bond donors (Lipinski definition) is 1. The zero-order valence-corrected chi connectivity index (χ0v) is 12.4. The average Bonchev–Trinajstić information content (AvgIpc) is 2.85. The summed E-state index contributed by atoms with van der Waals surface area (Å²) < 4.78 is 14.0. The van der Waals surface area contributed by atoms with Crippen LogP contribution >= 0.6 is 23.1 Å². The molecule has 0 fully saturated rings. The number of hydrogen-bond acceptors (Lipinski definition) is 3. The molecule has 0 radical (unpaired) electrons. The lowest BCUT2D eigenvalue weighted by Crippen LogP contribution is -2.17. The third-order valence-electron chi connectivity index (χ3n) is 3.44. The smallest absolute Gasteiger partial charge is 0.128 e. The molecule has 1 nitrogen and oxygen atoms in total. The molecule has 1 N–H and O–H groups in total. The minimum absolute atomic E-state index is 0.0400. The van der Waals surface area contributed by atoms with Crippen molar-refractivity contribution in [2.75, 3.05) is 12.8 Å². The molecule has 0 aliphatic carbocycles. The third-order valence-corrected chi connectivity index (χ3v) is 5.75. The van der Waals surface area contributed by atoms with Gasteiger partial charge in [-0.1, -0.05) is 18.2 Å². The highest BCUT2D eigenvalue weighted by molar-refractivity contribution is 7.98. The van der Waals surface area contributed by atoms with Crippen LogP contribution in [0.1, 0.15) is 26.9 Å². The van der Waals surface area contributed by atoms with E-state index in [4.69, 9.17) is 0 Å². The molecular weight excluding hydrogens is 277 g/mol. The Morgan fingerprint density at radius 2 is 2.16 bits per heavy atom. The van der Waals surface area contributed by atoms with Gasteiger partial charge in [-0.15, -0.1) is 11.3 Å². The van der Waals surface area contributed by atoms with Crippen LogP contribution in [0.3, 0.4) is 0 Å². The second kappa shape index (κ2) is 5.65. The van der Waals surface area contributed by atoms with Crippen molar-refractivity contribution in [3.63, 3.8) is 0 Å². The number of thioether (sulfide) groups is 1. The van der Waals surface area contributed by atoms with Crippen LogP contribution in [-0.4, -0.2) is 12.8 Å². The summed E-state index contributed by atoms with van der Waals surface area (Å²) in [5, 5.41) is 3.25. The Bertz CT molecular complexity index is 556. The van der Waals surface area contributed by atoms with Crippen LogP contribution in [0.15, 0.2) is 30.3 Å². The fraction of sp³-hybridized carbons (Fsp3) is 0.333. The summed E-state index contributed by atoms with van der Waals surface area (Å²) in [6, 6.07) is 9.24. The van der Waals surface area contributed by atoms with Crippen LogP contribution < -0.4 is 5.32 Å². The molecule has 2 heterocycles. The van der Waals surface area contributed by atoms with Crippen LogP contribution in [0.2, 0.25) is 0 Å². The predicted octanol–water partition coefficient (Wildman–Crippen LogP) is 3.99. The van der Waals surface area contributed by atoms with Crippen molar-refractivity contribution in [1.82, 2.24) is 5.32 Å². The molecule has 3 rings (SSSR count).